The molecule has 0 aliphatic carbocycles. The van der Waals surface area contributed by atoms with Crippen molar-refractivity contribution in [1.82, 2.24) is 5.32 Å². The van der Waals surface area contributed by atoms with Gasteiger partial charge in [0.15, 0.2) is 0 Å². The van der Waals surface area contributed by atoms with E-state index in [-0.39, 0.29) is 6.04 Å². The second kappa shape index (κ2) is 7.25. The van der Waals surface area contributed by atoms with Gasteiger partial charge in [0.1, 0.15) is 12.4 Å². The average molecular weight is 399 g/mol. The summed E-state index contributed by atoms with van der Waals surface area (Å²) in [6.07, 6.45) is 0. The highest BCUT2D eigenvalue weighted by atomic mass is 79.9. The third-order valence-corrected chi connectivity index (χ3v) is 4.20. The van der Waals surface area contributed by atoms with E-state index in [1.165, 1.54) is 0 Å². The summed E-state index contributed by atoms with van der Waals surface area (Å²) >= 11 is 6.94. The molecular formula is C16H17Br2NO. The molecule has 0 fully saturated rings. The molecule has 1 N–H and O–H groups in total. The van der Waals surface area contributed by atoms with Crippen LogP contribution in [0.2, 0.25) is 0 Å². The topological polar surface area (TPSA) is 21.3 Å². The maximum atomic E-state index is 5.96. The normalized spacial score (nSPS) is 12.2. The van der Waals surface area contributed by atoms with Crippen molar-refractivity contribution in [3.8, 4) is 5.75 Å². The van der Waals surface area contributed by atoms with Crippen molar-refractivity contribution in [2.45, 2.75) is 19.6 Å². The fraction of sp³-hybridized carbons (Fsp3) is 0.250. The predicted octanol–water partition coefficient (Wildman–Crippen LogP) is 5.07. The SMILES string of the molecule is CNC(C)c1cc(Br)ccc1OCc1ccc(Br)cc1. The molecule has 4 heteroatoms. The average Bonchev–Trinajstić information content (AvgIpc) is 2.46. The van der Waals surface area contributed by atoms with Gasteiger partial charge in [0.2, 0.25) is 0 Å². The number of ether oxygens (including phenoxy) is 1. The molecule has 0 amide bonds. The first-order chi connectivity index (χ1) is 9.60. The van der Waals surface area contributed by atoms with Gasteiger partial charge in [-0.1, -0.05) is 44.0 Å². The first-order valence-electron chi connectivity index (χ1n) is 6.44. The molecule has 2 aromatic rings. The van der Waals surface area contributed by atoms with Crippen LogP contribution >= 0.6 is 31.9 Å². The second-order valence-corrected chi connectivity index (χ2v) is 6.44. The Morgan fingerprint density at radius 3 is 2.35 bits per heavy atom. The van der Waals surface area contributed by atoms with Crippen LogP contribution in [0.3, 0.4) is 0 Å². The third kappa shape index (κ3) is 4.08. The Bertz CT molecular complexity index is 569. The minimum atomic E-state index is 0.243. The number of rotatable bonds is 5. The fourth-order valence-electron chi connectivity index (χ4n) is 1.89. The van der Waals surface area contributed by atoms with E-state index in [4.69, 9.17) is 4.74 Å². The Morgan fingerprint density at radius 1 is 1.05 bits per heavy atom. The molecule has 2 aromatic carbocycles. The Balaban J connectivity index is 2.14. The number of nitrogens with one attached hydrogen (secondary N) is 1. The monoisotopic (exact) mass is 397 g/mol. The van der Waals surface area contributed by atoms with Crippen molar-refractivity contribution in [2.75, 3.05) is 7.05 Å². The van der Waals surface area contributed by atoms with Gasteiger partial charge in [-0.15, -0.1) is 0 Å². The highest BCUT2D eigenvalue weighted by Gasteiger charge is 2.11. The first kappa shape index (κ1) is 15.5. The minimum absolute atomic E-state index is 0.243. The Kier molecular flexibility index (Phi) is 5.64. The summed E-state index contributed by atoms with van der Waals surface area (Å²) in [5.41, 5.74) is 2.30. The lowest BCUT2D eigenvalue weighted by Crippen LogP contribution is -2.13. The smallest absolute Gasteiger partial charge is 0.124 e. The van der Waals surface area contributed by atoms with E-state index in [9.17, 15) is 0 Å². The van der Waals surface area contributed by atoms with Crippen LogP contribution < -0.4 is 10.1 Å². The van der Waals surface area contributed by atoms with Gasteiger partial charge in [0, 0.05) is 20.6 Å². The molecule has 0 aromatic heterocycles. The number of hydrogen-bond donors (Lipinski definition) is 1. The van der Waals surface area contributed by atoms with Gasteiger partial charge in [0.25, 0.3) is 0 Å². The summed E-state index contributed by atoms with van der Waals surface area (Å²) in [6.45, 7) is 2.69. The van der Waals surface area contributed by atoms with Gasteiger partial charge < -0.3 is 10.1 Å². The van der Waals surface area contributed by atoms with Crippen LogP contribution in [0.5, 0.6) is 5.75 Å². The maximum absolute atomic E-state index is 5.96. The van der Waals surface area contributed by atoms with E-state index in [0.29, 0.717) is 6.61 Å². The van der Waals surface area contributed by atoms with Crippen LogP contribution in [0, 0.1) is 0 Å². The predicted molar refractivity (Wildman–Crippen MR) is 90.1 cm³/mol. The molecule has 0 aliphatic rings. The zero-order chi connectivity index (χ0) is 14.5. The lowest BCUT2D eigenvalue weighted by atomic mass is 10.1. The molecule has 0 aliphatic heterocycles. The first-order valence-corrected chi connectivity index (χ1v) is 8.02. The fourth-order valence-corrected chi connectivity index (χ4v) is 2.53. The van der Waals surface area contributed by atoms with E-state index in [2.05, 4.69) is 62.3 Å². The number of halogens is 2. The zero-order valence-corrected chi connectivity index (χ0v) is 14.7. The lowest BCUT2D eigenvalue weighted by Gasteiger charge is -2.17. The van der Waals surface area contributed by atoms with Gasteiger partial charge in [-0.3, -0.25) is 0 Å². The molecule has 0 saturated heterocycles. The molecule has 0 heterocycles. The quantitative estimate of drug-likeness (QED) is 0.758. The van der Waals surface area contributed by atoms with Crippen LogP contribution in [0.25, 0.3) is 0 Å². The molecule has 0 radical (unpaired) electrons. The molecule has 2 nitrogen and oxygen atoms in total. The largest absolute Gasteiger partial charge is 0.489 e. The van der Waals surface area contributed by atoms with Gasteiger partial charge >= 0.3 is 0 Å². The molecule has 0 bridgehead atoms. The van der Waals surface area contributed by atoms with Crippen molar-refractivity contribution in [1.29, 1.82) is 0 Å². The third-order valence-electron chi connectivity index (χ3n) is 3.18. The minimum Gasteiger partial charge on any atom is -0.489 e. The molecule has 2 rings (SSSR count). The van der Waals surface area contributed by atoms with Gasteiger partial charge in [-0.05, 0) is 49.9 Å². The van der Waals surface area contributed by atoms with Gasteiger partial charge in [-0.25, -0.2) is 0 Å². The summed E-state index contributed by atoms with van der Waals surface area (Å²) in [5, 5.41) is 3.25. The maximum Gasteiger partial charge on any atom is 0.124 e. The molecule has 1 atom stereocenters. The summed E-state index contributed by atoms with van der Waals surface area (Å²) in [5.74, 6) is 0.915. The van der Waals surface area contributed by atoms with Crippen molar-refractivity contribution < 1.29 is 4.74 Å². The standard InChI is InChI=1S/C16H17Br2NO/c1-11(19-2)15-9-14(18)7-8-16(15)20-10-12-3-5-13(17)6-4-12/h3-9,11,19H,10H2,1-2H3. The van der Waals surface area contributed by atoms with Crippen LogP contribution in [-0.4, -0.2) is 7.05 Å². The summed E-state index contributed by atoms with van der Waals surface area (Å²) in [4.78, 5) is 0. The zero-order valence-electron chi connectivity index (χ0n) is 11.5. The molecule has 106 valence electrons. The van der Waals surface area contributed by atoms with Crippen molar-refractivity contribution >= 4 is 31.9 Å². The van der Waals surface area contributed by atoms with E-state index >= 15 is 0 Å². The van der Waals surface area contributed by atoms with Gasteiger partial charge in [-0.2, -0.15) is 0 Å². The van der Waals surface area contributed by atoms with Crippen LogP contribution in [-0.2, 0) is 6.61 Å². The van der Waals surface area contributed by atoms with E-state index in [0.717, 1.165) is 25.8 Å². The Hall–Kier alpha value is -0.840. The Labute approximate surface area is 136 Å². The lowest BCUT2D eigenvalue weighted by molar-refractivity contribution is 0.300. The van der Waals surface area contributed by atoms with Gasteiger partial charge in [0.05, 0.1) is 0 Å². The van der Waals surface area contributed by atoms with E-state index in [1.807, 2.05) is 31.3 Å². The molecule has 0 saturated carbocycles. The van der Waals surface area contributed by atoms with Crippen molar-refractivity contribution in [3.63, 3.8) is 0 Å². The van der Waals surface area contributed by atoms with Crippen LogP contribution in [0.15, 0.2) is 51.4 Å². The molecule has 0 spiro atoms. The Morgan fingerprint density at radius 2 is 1.70 bits per heavy atom. The summed E-state index contributed by atoms with van der Waals surface area (Å²) < 4.78 is 8.10. The summed E-state index contributed by atoms with van der Waals surface area (Å²) in [7, 11) is 1.95. The van der Waals surface area contributed by atoms with Crippen molar-refractivity contribution in [2.24, 2.45) is 0 Å². The number of hydrogen-bond acceptors (Lipinski definition) is 2. The highest BCUT2D eigenvalue weighted by Crippen LogP contribution is 2.29. The highest BCUT2D eigenvalue weighted by molar-refractivity contribution is 9.10. The molecular weight excluding hydrogens is 382 g/mol. The van der Waals surface area contributed by atoms with E-state index in [1.54, 1.807) is 0 Å². The number of benzene rings is 2. The van der Waals surface area contributed by atoms with Crippen LogP contribution in [0.4, 0.5) is 0 Å². The summed E-state index contributed by atoms with van der Waals surface area (Å²) in [6, 6.07) is 14.5. The van der Waals surface area contributed by atoms with E-state index < -0.39 is 0 Å². The van der Waals surface area contributed by atoms with Crippen LogP contribution in [0.1, 0.15) is 24.1 Å². The molecule has 1 unspecified atom stereocenters. The molecule has 20 heavy (non-hydrogen) atoms. The van der Waals surface area contributed by atoms with Crippen molar-refractivity contribution in [3.05, 3.63) is 62.5 Å². The second-order valence-electron chi connectivity index (χ2n) is 4.61.